The minimum atomic E-state index is -0.652. The van der Waals surface area contributed by atoms with E-state index in [-0.39, 0.29) is 19.2 Å². The van der Waals surface area contributed by atoms with Gasteiger partial charge in [-0.3, -0.25) is 0 Å². The molecule has 1 atom stereocenters. The van der Waals surface area contributed by atoms with Crippen molar-refractivity contribution < 1.29 is 19.0 Å². The number of hydrogen-bond acceptors (Lipinski definition) is 7. The zero-order chi connectivity index (χ0) is 18.2. The Labute approximate surface area is 151 Å². The maximum atomic E-state index is 12.6. The second-order valence-corrected chi connectivity index (χ2v) is 5.55. The summed E-state index contributed by atoms with van der Waals surface area (Å²) in [6.45, 7) is 2.87. The van der Waals surface area contributed by atoms with Crippen LogP contribution >= 0.6 is 11.6 Å². The average Bonchev–Trinajstić information content (AvgIpc) is 2.61. The molecule has 0 amide bonds. The smallest absolute Gasteiger partial charge is 0.338 e. The third-order valence-corrected chi connectivity index (χ3v) is 3.84. The van der Waals surface area contributed by atoms with Crippen LogP contribution in [-0.2, 0) is 19.0 Å². The molecule has 1 aliphatic rings. The first-order chi connectivity index (χ1) is 12.1. The van der Waals surface area contributed by atoms with Crippen LogP contribution in [0.25, 0.3) is 0 Å². The van der Waals surface area contributed by atoms with Crippen LogP contribution in [0, 0.1) is 0 Å². The van der Waals surface area contributed by atoms with E-state index in [4.69, 9.17) is 31.5 Å². The molecule has 1 aliphatic heterocycles. The quantitative estimate of drug-likeness (QED) is 0.563. The fourth-order valence-corrected chi connectivity index (χ4v) is 2.66. The van der Waals surface area contributed by atoms with Gasteiger partial charge in [0.05, 0.1) is 38.2 Å². The fraction of sp³-hybridized carbons (Fsp3) is 0.412. The lowest BCUT2D eigenvalue weighted by atomic mass is 9.96. The predicted molar refractivity (Wildman–Crippen MR) is 95.3 cm³/mol. The lowest BCUT2D eigenvalue weighted by Crippen LogP contribution is -2.36. The van der Waals surface area contributed by atoms with Crippen molar-refractivity contribution >= 4 is 23.6 Å². The van der Waals surface area contributed by atoms with Crippen molar-refractivity contribution in [3.63, 3.8) is 0 Å². The van der Waals surface area contributed by atoms with E-state index >= 15 is 0 Å². The molecule has 0 fully saturated rings. The molecule has 1 heterocycles. The molecule has 2 rings (SSSR count). The van der Waals surface area contributed by atoms with Gasteiger partial charge in [-0.1, -0.05) is 29.8 Å². The Morgan fingerprint density at radius 1 is 1.40 bits per heavy atom. The monoisotopic (exact) mass is 367 g/mol. The minimum Gasteiger partial charge on any atom is -0.468 e. The van der Waals surface area contributed by atoms with Crippen molar-refractivity contribution in [1.82, 2.24) is 5.32 Å². The van der Waals surface area contributed by atoms with Crippen LogP contribution in [-0.4, -0.2) is 45.5 Å². The molecular formula is C17H22ClN3O4. The molecule has 1 unspecified atom stereocenters. The van der Waals surface area contributed by atoms with Crippen LogP contribution in [0.3, 0.4) is 0 Å². The summed E-state index contributed by atoms with van der Waals surface area (Å²) in [6.07, 6.45) is 0. The number of aliphatic imine (C=N–C) groups is 1. The van der Waals surface area contributed by atoms with Crippen molar-refractivity contribution in [3.8, 4) is 0 Å². The molecule has 0 aromatic heterocycles. The van der Waals surface area contributed by atoms with Crippen LogP contribution in [0.4, 0.5) is 0 Å². The van der Waals surface area contributed by atoms with Gasteiger partial charge in [0.25, 0.3) is 6.02 Å². The van der Waals surface area contributed by atoms with Gasteiger partial charge in [-0.25, -0.2) is 9.79 Å². The highest BCUT2D eigenvalue weighted by Crippen LogP contribution is 2.35. The van der Waals surface area contributed by atoms with Crippen LogP contribution in [0.1, 0.15) is 18.5 Å². The van der Waals surface area contributed by atoms with Gasteiger partial charge in [0.2, 0.25) is 0 Å². The molecule has 0 bridgehead atoms. The van der Waals surface area contributed by atoms with Gasteiger partial charge in [0.15, 0.2) is 0 Å². The number of nitrogens with one attached hydrogen (secondary N) is 1. The van der Waals surface area contributed by atoms with Crippen molar-refractivity contribution in [2.75, 3.05) is 33.5 Å². The molecule has 1 aromatic rings. The SMILES string of the molecule is CCOC(=O)C1=C(COCCN)NC(OC)=NC1c1ccccc1Cl. The summed E-state index contributed by atoms with van der Waals surface area (Å²) in [6, 6.07) is 6.82. The fourth-order valence-electron chi connectivity index (χ4n) is 2.42. The number of carbonyl (C=O) groups is 1. The Morgan fingerprint density at radius 3 is 2.80 bits per heavy atom. The van der Waals surface area contributed by atoms with E-state index in [1.54, 1.807) is 13.0 Å². The number of nitrogens with zero attached hydrogens (tertiary/aromatic N) is 1. The van der Waals surface area contributed by atoms with Gasteiger partial charge in [-0.15, -0.1) is 0 Å². The van der Waals surface area contributed by atoms with Crippen molar-refractivity contribution in [2.45, 2.75) is 13.0 Å². The van der Waals surface area contributed by atoms with Gasteiger partial charge >= 0.3 is 5.97 Å². The number of rotatable bonds is 7. The molecule has 0 aliphatic carbocycles. The van der Waals surface area contributed by atoms with E-state index in [0.29, 0.717) is 35.0 Å². The Balaban J connectivity index is 2.48. The van der Waals surface area contributed by atoms with Crippen LogP contribution < -0.4 is 11.1 Å². The zero-order valence-corrected chi connectivity index (χ0v) is 15.0. The number of nitrogens with two attached hydrogens (primary N) is 1. The Bertz CT molecular complexity index is 676. The summed E-state index contributed by atoms with van der Waals surface area (Å²) in [5.74, 6) is -0.481. The molecule has 0 radical (unpaired) electrons. The van der Waals surface area contributed by atoms with Gasteiger partial charge in [0, 0.05) is 17.1 Å². The number of carbonyl (C=O) groups excluding carboxylic acids is 1. The number of hydrogen-bond donors (Lipinski definition) is 2. The lowest BCUT2D eigenvalue weighted by molar-refractivity contribution is -0.139. The van der Waals surface area contributed by atoms with Gasteiger partial charge in [-0.05, 0) is 13.0 Å². The highest BCUT2D eigenvalue weighted by Gasteiger charge is 2.33. The van der Waals surface area contributed by atoms with E-state index in [0.717, 1.165) is 0 Å². The first kappa shape index (κ1) is 19.2. The first-order valence-electron chi connectivity index (χ1n) is 7.93. The lowest BCUT2D eigenvalue weighted by Gasteiger charge is -2.27. The third-order valence-electron chi connectivity index (χ3n) is 3.50. The molecule has 136 valence electrons. The number of halogens is 1. The van der Waals surface area contributed by atoms with E-state index < -0.39 is 12.0 Å². The van der Waals surface area contributed by atoms with E-state index in [9.17, 15) is 4.79 Å². The molecule has 8 heteroatoms. The Kier molecular flexibility index (Phi) is 7.24. The second kappa shape index (κ2) is 9.41. The topological polar surface area (TPSA) is 95.2 Å². The van der Waals surface area contributed by atoms with Crippen LogP contribution in [0.15, 0.2) is 40.5 Å². The number of ether oxygens (including phenoxy) is 3. The Morgan fingerprint density at radius 2 is 2.16 bits per heavy atom. The molecule has 3 N–H and O–H groups in total. The molecule has 7 nitrogen and oxygen atoms in total. The zero-order valence-electron chi connectivity index (χ0n) is 14.3. The van der Waals surface area contributed by atoms with Crippen molar-refractivity contribution in [1.29, 1.82) is 0 Å². The molecule has 25 heavy (non-hydrogen) atoms. The summed E-state index contributed by atoms with van der Waals surface area (Å²) in [4.78, 5) is 17.0. The van der Waals surface area contributed by atoms with E-state index in [1.807, 2.05) is 18.2 Å². The third kappa shape index (κ3) is 4.72. The van der Waals surface area contributed by atoms with Crippen molar-refractivity contribution in [2.24, 2.45) is 10.7 Å². The molecule has 0 saturated heterocycles. The summed E-state index contributed by atoms with van der Waals surface area (Å²) in [5, 5.41) is 3.47. The van der Waals surface area contributed by atoms with Crippen LogP contribution in [0.2, 0.25) is 5.02 Å². The van der Waals surface area contributed by atoms with E-state index in [2.05, 4.69) is 10.3 Å². The minimum absolute atomic E-state index is 0.148. The Hall–Kier alpha value is -2.09. The van der Waals surface area contributed by atoms with E-state index in [1.165, 1.54) is 7.11 Å². The normalized spacial score (nSPS) is 17.0. The van der Waals surface area contributed by atoms with Gasteiger partial charge < -0.3 is 25.3 Å². The summed E-state index contributed by atoms with van der Waals surface area (Å²) in [5.41, 5.74) is 7.00. The highest BCUT2D eigenvalue weighted by molar-refractivity contribution is 6.31. The average molecular weight is 368 g/mol. The maximum absolute atomic E-state index is 12.6. The summed E-state index contributed by atoms with van der Waals surface area (Å²) < 4.78 is 15.9. The first-order valence-corrected chi connectivity index (χ1v) is 8.31. The summed E-state index contributed by atoms with van der Waals surface area (Å²) in [7, 11) is 1.49. The molecule has 0 spiro atoms. The maximum Gasteiger partial charge on any atom is 0.338 e. The van der Waals surface area contributed by atoms with Crippen molar-refractivity contribution in [3.05, 3.63) is 46.1 Å². The summed E-state index contributed by atoms with van der Waals surface area (Å²) >= 11 is 6.32. The number of methoxy groups -OCH3 is 1. The number of benzene rings is 1. The second-order valence-electron chi connectivity index (χ2n) is 5.14. The standard InChI is InChI=1S/C17H22ClN3O4/c1-3-25-16(22)14-13(10-24-9-8-19)20-17(23-2)21-15(14)11-6-4-5-7-12(11)18/h4-7,15H,3,8-10,19H2,1-2H3,(H,20,21). The highest BCUT2D eigenvalue weighted by atomic mass is 35.5. The van der Waals surface area contributed by atoms with Crippen LogP contribution in [0.5, 0.6) is 0 Å². The largest absolute Gasteiger partial charge is 0.468 e. The molecule has 1 aromatic carbocycles. The van der Waals surface area contributed by atoms with Gasteiger partial charge in [0.1, 0.15) is 6.04 Å². The van der Waals surface area contributed by atoms with Gasteiger partial charge in [-0.2, -0.15) is 0 Å². The molecular weight excluding hydrogens is 346 g/mol. The molecule has 0 saturated carbocycles. The number of amidine groups is 1. The number of esters is 1. The predicted octanol–water partition coefficient (Wildman–Crippen LogP) is 1.78.